The van der Waals surface area contributed by atoms with Gasteiger partial charge in [-0.05, 0) is 184 Å². The molecule has 4 bridgehead atoms. The van der Waals surface area contributed by atoms with Crippen molar-refractivity contribution in [1.29, 1.82) is 0 Å². The maximum atomic E-state index is 14.8. The first-order valence-electron chi connectivity index (χ1n) is 30.3. The van der Waals surface area contributed by atoms with Gasteiger partial charge in [-0.1, -0.05) is 102 Å². The van der Waals surface area contributed by atoms with E-state index in [0.717, 1.165) is 135 Å². The highest BCUT2D eigenvalue weighted by molar-refractivity contribution is 5.89. The number of likely N-dealkylation sites (tertiary alicyclic amines) is 2. The van der Waals surface area contributed by atoms with E-state index in [4.69, 9.17) is 19.4 Å². The van der Waals surface area contributed by atoms with E-state index in [-0.39, 0.29) is 47.8 Å². The summed E-state index contributed by atoms with van der Waals surface area (Å²) in [5.74, 6) is 1.36. The Hall–Kier alpha value is -6.84. The summed E-state index contributed by atoms with van der Waals surface area (Å²) in [7, 11) is 0. The van der Waals surface area contributed by atoms with Gasteiger partial charge in [0, 0.05) is 12.1 Å². The monoisotopic (exact) mass is 1120 g/mol. The van der Waals surface area contributed by atoms with Crippen molar-refractivity contribution in [2.75, 3.05) is 13.3 Å². The molecule has 2 saturated heterocycles. The number of amides is 4. The van der Waals surface area contributed by atoms with Gasteiger partial charge in [-0.2, -0.15) is 0 Å². The number of aromatic nitrogens is 4. The Morgan fingerprint density at radius 2 is 0.976 bits per heavy atom. The number of halogens is 2. The minimum atomic E-state index is -1.31. The highest BCUT2D eigenvalue weighted by atomic mass is 19.1. The second-order valence-corrected chi connectivity index (χ2v) is 26.2. The summed E-state index contributed by atoms with van der Waals surface area (Å²) >= 11 is 0. The number of nitrogens with one attached hydrogen (secondary N) is 4. The summed E-state index contributed by atoms with van der Waals surface area (Å²) in [5.41, 5.74) is 10.4. The molecule has 82 heavy (non-hydrogen) atoms. The molecular weight excluding hydrogens is 1040 g/mol. The number of fused-ring (bicyclic) bond motifs is 4. The SMILES string of the molecule is CC(C)[C@H](NC(=O)OC(C)(C)CF)C(=O)N1[C@H](c2nc3cc(-c4cc5ccc4CCc4ccc(c(-c6ccc7[nH]c([C@@H]8C[C@@H]9CCCC[C@@H]9N8C(=O)[C@@H](NC(=O)OC(C)(C)CF)C(C)C)nc7c6)c4)CC5)ccc3[nH]2)C[C@@H]2CCCC[C@@H]21. The molecule has 436 valence electrons. The van der Waals surface area contributed by atoms with E-state index in [2.05, 4.69) is 93.4 Å². The first-order chi connectivity index (χ1) is 39.3. The van der Waals surface area contributed by atoms with Crippen LogP contribution in [0.25, 0.3) is 44.3 Å². The molecule has 4 fully saturated rings. The zero-order chi connectivity index (χ0) is 57.8. The summed E-state index contributed by atoms with van der Waals surface area (Å²) < 4.78 is 38.1. The fourth-order valence-corrected chi connectivity index (χ4v) is 14.1. The summed E-state index contributed by atoms with van der Waals surface area (Å²) in [5, 5.41) is 5.62. The average Bonchev–Trinajstić information content (AvgIpc) is 4.43. The molecule has 8 aliphatic rings. The first-order valence-corrected chi connectivity index (χ1v) is 30.3. The minimum absolute atomic E-state index is 0.0332. The van der Waals surface area contributed by atoms with Crippen LogP contribution in [-0.4, -0.2) is 102 Å². The Kier molecular flexibility index (Phi) is 16.0. The highest BCUT2D eigenvalue weighted by Gasteiger charge is 2.50. The Morgan fingerprint density at radius 3 is 1.37 bits per heavy atom. The molecule has 0 unspecified atom stereocenters. The Labute approximate surface area is 480 Å². The van der Waals surface area contributed by atoms with E-state index >= 15 is 0 Å². The third-order valence-corrected chi connectivity index (χ3v) is 18.4. The van der Waals surface area contributed by atoms with Crippen LogP contribution in [0, 0.1) is 23.7 Å². The van der Waals surface area contributed by atoms with Gasteiger partial charge in [-0.3, -0.25) is 9.59 Å². The number of carbonyl (C=O) groups is 4. The van der Waals surface area contributed by atoms with Crippen LogP contribution in [0.4, 0.5) is 18.4 Å². The number of alkyl carbamates (subject to hydrolysis) is 2. The Bertz CT molecular complexity index is 3150. The predicted molar refractivity (Wildman–Crippen MR) is 314 cm³/mol. The van der Waals surface area contributed by atoms with Gasteiger partial charge in [0.15, 0.2) is 0 Å². The van der Waals surface area contributed by atoms with Crippen molar-refractivity contribution in [3.8, 4) is 22.3 Å². The van der Waals surface area contributed by atoms with Crippen molar-refractivity contribution in [3.63, 3.8) is 0 Å². The summed E-state index contributed by atoms with van der Waals surface area (Å²) in [6.07, 6.45) is 11.5. The lowest BCUT2D eigenvalue weighted by Gasteiger charge is -2.37. The maximum absolute atomic E-state index is 14.8. The van der Waals surface area contributed by atoms with Gasteiger partial charge in [0.25, 0.3) is 0 Å². The number of imidazole rings is 2. The molecule has 8 atom stereocenters. The van der Waals surface area contributed by atoms with Crippen molar-refractivity contribution in [2.45, 2.75) is 193 Å². The fraction of sp³-hybridized carbons (Fsp3) is 0.545. The number of aromatic amines is 2. The lowest BCUT2D eigenvalue weighted by molar-refractivity contribution is -0.139. The number of H-pyrrole nitrogens is 2. The Morgan fingerprint density at radius 1 is 0.573 bits per heavy atom. The topological polar surface area (TPSA) is 175 Å². The Balaban J connectivity index is 0.830. The van der Waals surface area contributed by atoms with E-state index in [1.165, 1.54) is 61.1 Å². The van der Waals surface area contributed by atoms with E-state index < -0.39 is 48.8 Å². The van der Waals surface area contributed by atoms with E-state index in [0.29, 0.717) is 11.8 Å². The van der Waals surface area contributed by atoms with Gasteiger partial charge in [-0.15, -0.1) is 0 Å². The second-order valence-electron chi connectivity index (χ2n) is 26.2. The molecule has 2 aromatic heterocycles. The van der Waals surface area contributed by atoms with Crippen LogP contribution in [0.5, 0.6) is 0 Å². The maximum Gasteiger partial charge on any atom is 0.408 e. The third kappa shape index (κ3) is 11.6. The van der Waals surface area contributed by atoms with Crippen LogP contribution < -0.4 is 10.6 Å². The van der Waals surface area contributed by atoms with E-state index in [1.807, 2.05) is 37.5 Å². The fourth-order valence-electron chi connectivity index (χ4n) is 14.1. The average molecular weight is 1120 g/mol. The standard InChI is InChI=1S/C66H82F2N8O6/c1-37(2)57(73-63(79)81-65(5,6)35-67)61(77)75-53-15-11-9-13-45(53)33-55(75)59-69-49-27-25-43(31-51(49)71-59)47-29-39-17-21-41(47)23-19-40-18-22-42(24-20-39)48(30-40)44-26-28-50-52(32-44)72-60(70-50)56-34-46-14-10-12-16-54(46)76(56)62(78)58(38(3)4)74-64(80)82-66(7,8)36-68/h17-18,21-22,25-32,37-38,45-46,53-58H,9-16,19-20,23-24,33-36H2,1-8H3,(H,69,71)(H,70,72)(H,73,79)(H,74,80)/t45-,46-,53-,54-,55-,56-,57-,58-/m0/s1. The summed E-state index contributed by atoms with van der Waals surface area (Å²) in [6, 6.07) is 24.5. The van der Waals surface area contributed by atoms with Crippen LogP contribution in [0.1, 0.15) is 166 Å². The number of hydrogen-bond donors (Lipinski definition) is 4. The number of aryl methyl sites for hydroxylation is 4. The molecule has 6 aliphatic carbocycles. The predicted octanol–water partition coefficient (Wildman–Crippen LogP) is 13.3. The molecule has 16 heteroatoms. The molecule has 0 spiro atoms. The van der Waals surface area contributed by atoms with Gasteiger partial charge in [-0.25, -0.2) is 28.3 Å². The number of ether oxygens (including phenoxy) is 2. The lowest BCUT2D eigenvalue weighted by atomic mass is 9.84. The van der Waals surface area contributed by atoms with E-state index in [9.17, 15) is 28.0 Å². The van der Waals surface area contributed by atoms with E-state index in [1.54, 1.807) is 0 Å². The third-order valence-electron chi connectivity index (χ3n) is 18.4. The number of carbonyl (C=O) groups excluding carboxylic acids is 4. The quantitative estimate of drug-likeness (QED) is 0.0834. The number of hydrogen-bond acceptors (Lipinski definition) is 8. The summed E-state index contributed by atoms with van der Waals surface area (Å²) in [4.78, 5) is 77.4. The smallest absolute Gasteiger partial charge is 0.408 e. The molecule has 4 heterocycles. The molecule has 4 aromatic carbocycles. The minimum Gasteiger partial charge on any atom is -0.441 e. The highest BCUT2D eigenvalue weighted by Crippen LogP contribution is 2.48. The number of alkyl halides is 2. The number of benzene rings is 4. The van der Waals surface area contributed by atoms with Crippen molar-refractivity contribution in [2.24, 2.45) is 23.7 Å². The largest absolute Gasteiger partial charge is 0.441 e. The van der Waals surface area contributed by atoms with Gasteiger partial charge >= 0.3 is 12.2 Å². The van der Waals surface area contributed by atoms with Gasteiger partial charge in [0.05, 0.1) is 34.2 Å². The van der Waals surface area contributed by atoms with Crippen LogP contribution in [-0.2, 0) is 44.7 Å². The van der Waals surface area contributed by atoms with Crippen LogP contribution >= 0.6 is 0 Å². The van der Waals surface area contributed by atoms with Gasteiger partial charge in [0.1, 0.15) is 48.3 Å². The molecule has 0 radical (unpaired) electrons. The molecule has 2 aliphatic heterocycles. The van der Waals surface area contributed by atoms with Crippen molar-refractivity contribution < 1.29 is 37.4 Å². The van der Waals surface area contributed by atoms with Crippen LogP contribution in [0.2, 0.25) is 0 Å². The molecule has 4 amide bonds. The molecule has 14 nitrogen and oxygen atoms in total. The summed E-state index contributed by atoms with van der Waals surface area (Å²) in [6.45, 7) is 12.0. The van der Waals surface area contributed by atoms with Crippen molar-refractivity contribution >= 4 is 46.1 Å². The lowest BCUT2D eigenvalue weighted by Crippen LogP contribution is -2.54. The molecule has 14 rings (SSSR count). The number of nitrogens with zero attached hydrogens (tertiary/aromatic N) is 4. The molecule has 2 saturated carbocycles. The number of rotatable bonds is 14. The molecule has 6 aromatic rings. The molecular formula is C66H82F2N8O6. The van der Waals surface area contributed by atoms with Gasteiger partial charge in [0.2, 0.25) is 11.8 Å². The van der Waals surface area contributed by atoms with Gasteiger partial charge < -0.3 is 39.9 Å². The van der Waals surface area contributed by atoms with Crippen molar-refractivity contribution in [3.05, 3.63) is 107 Å². The zero-order valence-corrected chi connectivity index (χ0v) is 49.0. The first kappa shape index (κ1) is 57.0. The molecule has 4 N–H and O–H groups in total. The van der Waals surface area contributed by atoms with Crippen LogP contribution in [0.3, 0.4) is 0 Å². The second kappa shape index (κ2) is 23.1. The van der Waals surface area contributed by atoms with Crippen LogP contribution in [0.15, 0.2) is 72.8 Å². The normalized spacial score (nSPS) is 22.7. The van der Waals surface area contributed by atoms with Crippen molar-refractivity contribution in [1.82, 2.24) is 40.4 Å². The zero-order valence-electron chi connectivity index (χ0n) is 49.0.